The molecule has 15 heavy (non-hydrogen) atoms. The van der Waals surface area contributed by atoms with Crippen LogP contribution in [0.25, 0.3) is 0 Å². The highest BCUT2D eigenvalue weighted by Crippen LogP contribution is 2.22. The fourth-order valence-corrected chi connectivity index (χ4v) is 1.42. The largest absolute Gasteiger partial charge is 0.324 e. The molecule has 2 rings (SSSR count). The van der Waals surface area contributed by atoms with Crippen LogP contribution in [0.3, 0.4) is 0 Å². The van der Waals surface area contributed by atoms with Crippen LogP contribution in [-0.4, -0.2) is 4.92 Å². The predicted molar refractivity (Wildman–Crippen MR) is 58.5 cm³/mol. The summed E-state index contributed by atoms with van der Waals surface area (Å²) in [4.78, 5) is 12.1. The molecule has 0 N–H and O–H groups in total. The fraction of sp³-hybridized carbons (Fsp3) is 0.0909. The summed E-state index contributed by atoms with van der Waals surface area (Å²) in [5.41, 5.74) is 0.913. The Morgan fingerprint density at radius 1 is 1.27 bits per heavy atom. The highest BCUT2D eigenvalue weighted by Gasteiger charge is 2.08. The lowest BCUT2D eigenvalue weighted by Crippen LogP contribution is -2.08. The number of non-ortho nitro benzene ring substituents is 1. The number of hydrogen-bond acceptors (Lipinski definition) is 3. The van der Waals surface area contributed by atoms with E-state index >= 15 is 0 Å². The molecule has 76 valence electrons. The van der Waals surface area contributed by atoms with Crippen LogP contribution in [0.15, 0.2) is 48.8 Å². The molecule has 0 atom stereocenters. The van der Waals surface area contributed by atoms with Crippen LogP contribution in [0.4, 0.5) is 11.4 Å². The molecule has 1 aliphatic rings. The van der Waals surface area contributed by atoms with Gasteiger partial charge in [-0.05, 0) is 12.5 Å². The average Bonchev–Trinajstić information content (AvgIpc) is 2.30. The second kappa shape index (κ2) is 3.96. The van der Waals surface area contributed by atoms with Crippen molar-refractivity contribution in [3.05, 3.63) is 58.9 Å². The summed E-state index contributed by atoms with van der Waals surface area (Å²) in [6.45, 7) is 0. The Bertz CT molecular complexity index is 426. The van der Waals surface area contributed by atoms with E-state index in [4.69, 9.17) is 0 Å². The van der Waals surface area contributed by atoms with Gasteiger partial charge in [0, 0.05) is 24.5 Å². The Hall–Kier alpha value is -2.10. The van der Waals surface area contributed by atoms with E-state index < -0.39 is 0 Å². The molecule has 0 bridgehead atoms. The summed E-state index contributed by atoms with van der Waals surface area (Å²) in [5, 5.41) is 10.6. The molecule has 4 heteroatoms. The number of nitrogens with zero attached hydrogens (tertiary/aromatic N) is 2. The number of anilines is 1. The van der Waals surface area contributed by atoms with Crippen molar-refractivity contribution >= 4 is 11.4 Å². The molecule has 0 saturated heterocycles. The van der Waals surface area contributed by atoms with Crippen molar-refractivity contribution in [1.82, 2.24) is 0 Å². The number of benzene rings is 1. The fourth-order valence-electron chi connectivity index (χ4n) is 1.42. The third kappa shape index (κ3) is 2.04. The van der Waals surface area contributed by atoms with E-state index in [1.165, 1.54) is 6.07 Å². The molecular formula is C11H10N2O2. The third-order valence-corrected chi connectivity index (χ3v) is 2.14. The smallest absolute Gasteiger partial charge is 0.271 e. The maximum atomic E-state index is 10.6. The van der Waals surface area contributed by atoms with Crippen LogP contribution in [0.5, 0.6) is 0 Å². The van der Waals surface area contributed by atoms with Crippen molar-refractivity contribution in [1.29, 1.82) is 0 Å². The van der Waals surface area contributed by atoms with E-state index in [1.54, 1.807) is 12.1 Å². The zero-order chi connectivity index (χ0) is 10.7. The van der Waals surface area contributed by atoms with E-state index in [-0.39, 0.29) is 10.6 Å². The summed E-state index contributed by atoms with van der Waals surface area (Å²) in [7, 11) is 0. The molecule has 0 fully saturated rings. The van der Waals surface area contributed by atoms with Crippen LogP contribution < -0.4 is 4.90 Å². The van der Waals surface area contributed by atoms with E-state index in [1.807, 2.05) is 35.5 Å². The van der Waals surface area contributed by atoms with Crippen molar-refractivity contribution in [2.24, 2.45) is 0 Å². The van der Waals surface area contributed by atoms with Gasteiger partial charge in [-0.3, -0.25) is 10.1 Å². The summed E-state index contributed by atoms with van der Waals surface area (Å²) in [6, 6.07) is 6.57. The molecule has 0 saturated carbocycles. The summed E-state index contributed by atoms with van der Waals surface area (Å²) in [6.07, 6.45) is 8.71. The zero-order valence-corrected chi connectivity index (χ0v) is 8.04. The van der Waals surface area contributed by atoms with Crippen molar-refractivity contribution in [2.75, 3.05) is 4.90 Å². The molecule has 1 aromatic carbocycles. The van der Waals surface area contributed by atoms with Crippen LogP contribution >= 0.6 is 0 Å². The number of rotatable bonds is 2. The van der Waals surface area contributed by atoms with E-state index in [0.29, 0.717) is 0 Å². The number of allylic oxidation sites excluding steroid dienone is 2. The van der Waals surface area contributed by atoms with Gasteiger partial charge in [-0.2, -0.15) is 0 Å². The van der Waals surface area contributed by atoms with Crippen LogP contribution in [-0.2, 0) is 0 Å². The van der Waals surface area contributed by atoms with Crippen molar-refractivity contribution < 1.29 is 4.92 Å². The minimum absolute atomic E-state index is 0.111. The highest BCUT2D eigenvalue weighted by molar-refractivity contribution is 5.57. The first kappa shape index (κ1) is 9.45. The predicted octanol–water partition coefficient (Wildman–Crippen LogP) is 2.83. The van der Waals surface area contributed by atoms with Gasteiger partial charge in [0.15, 0.2) is 0 Å². The first-order chi connectivity index (χ1) is 7.27. The summed E-state index contributed by atoms with van der Waals surface area (Å²) >= 11 is 0. The number of hydrogen-bond donors (Lipinski definition) is 0. The monoisotopic (exact) mass is 202 g/mol. The first-order valence-corrected chi connectivity index (χ1v) is 4.63. The van der Waals surface area contributed by atoms with Crippen molar-refractivity contribution in [3.8, 4) is 0 Å². The van der Waals surface area contributed by atoms with Crippen LogP contribution in [0, 0.1) is 10.1 Å². The van der Waals surface area contributed by atoms with Gasteiger partial charge in [0.2, 0.25) is 0 Å². The molecule has 1 aliphatic heterocycles. The molecule has 1 aromatic rings. The normalized spacial score (nSPS) is 14.3. The molecule has 1 heterocycles. The van der Waals surface area contributed by atoms with Gasteiger partial charge in [-0.15, -0.1) is 0 Å². The van der Waals surface area contributed by atoms with Gasteiger partial charge < -0.3 is 4.90 Å². The van der Waals surface area contributed by atoms with Gasteiger partial charge in [0.05, 0.1) is 10.6 Å². The average molecular weight is 202 g/mol. The standard InChI is InChI=1S/C11H10N2O2/c14-13(15)11-6-4-5-10(9-11)12-7-2-1-3-8-12/h2-9H,1H2. The Balaban J connectivity index is 2.32. The highest BCUT2D eigenvalue weighted by atomic mass is 16.6. The Labute approximate surface area is 87.3 Å². The molecular weight excluding hydrogens is 192 g/mol. The van der Waals surface area contributed by atoms with E-state index in [2.05, 4.69) is 0 Å². The van der Waals surface area contributed by atoms with Gasteiger partial charge >= 0.3 is 0 Å². The molecule has 0 aliphatic carbocycles. The minimum atomic E-state index is -0.388. The molecule has 0 radical (unpaired) electrons. The molecule has 0 aromatic heterocycles. The van der Waals surface area contributed by atoms with Crippen molar-refractivity contribution in [3.63, 3.8) is 0 Å². The maximum absolute atomic E-state index is 10.6. The minimum Gasteiger partial charge on any atom is -0.324 e. The van der Waals surface area contributed by atoms with Gasteiger partial charge in [-0.1, -0.05) is 18.2 Å². The summed E-state index contributed by atoms with van der Waals surface area (Å²) < 4.78 is 0. The summed E-state index contributed by atoms with van der Waals surface area (Å²) in [5.74, 6) is 0. The quantitative estimate of drug-likeness (QED) is 0.547. The zero-order valence-electron chi connectivity index (χ0n) is 8.04. The lowest BCUT2D eigenvalue weighted by Gasteiger charge is -2.17. The van der Waals surface area contributed by atoms with Gasteiger partial charge in [0.1, 0.15) is 0 Å². The third-order valence-electron chi connectivity index (χ3n) is 2.14. The topological polar surface area (TPSA) is 46.4 Å². The second-order valence-corrected chi connectivity index (χ2v) is 3.19. The molecule has 4 nitrogen and oxygen atoms in total. The Kier molecular flexibility index (Phi) is 2.49. The van der Waals surface area contributed by atoms with Crippen LogP contribution in [0.2, 0.25) is 0 Å². The van der Waals surface area contributed by atoms with E-state index in [0.717, 1.165) is 12.1 Å². The number of nitro groups is 1. The van der Waals surface area contributed by atoms with Crippen molar-refractivity contribution in [2.45, 2.75) is 6.42 Å². The maximum Gasteiger partial charge on any atom is 0.271 e. The lowest BCUT2D eigenvalue weighted by atomic mass is 10.2. The SMILES string of the molecule is O=[N+]([O-])c1cccc(N2C=CCC=C2)c1. The second-order valence-electron chi connectivity index (χ2n) is 3.19. The Morgan fingerprint density at radius 3 is 2.67 bits per heavy atom. The Morgan fingerprint density at radius 2 is 2.00 bits per heavy atom. The first-order valence-electron chi connectivity index (χ1n) is 4.63. The van der Waals surface area contributed by atoms with Gasteiger partial charge in [-0.25, -0.2) is 0 Å². The number of nitro benzene ring substituents is 1. The molecule has 0 amide bonds. The van der Waals surface area contributed by atoms with Crippen LogP contribution in [0.1, 0.15) is 6.42 Å². The molecule has 0 unspecified atom stereocenters. The van der Waals surface area contributed by atoms with E-state index in [9.17, 15) is 10.1 Å². The van der Waals surface area contributed by atoms with Gasteiger partial charge in [0.25, 0.3) is 5.69 Å². The molecule has 0 spiro atoms. The lowest BCUT2D eigenvalue weighted by molar-refractivity contribution is -0.384.